The van der Waals surface area contributed by atoms with Gasteiger partial charge in [-0.1, -0.05) is 36.4 Å². The summed E-state index contributed by atoms with van der Waals surface area (Å²) < 4.78 is 13.6. The van der Waals surface area contributed by atoms with Crippen LogP contribution in [0.4, 0.5) is 0 Å². The summed E-state index contributed by atoms with van der Waals surface area (Å²) in [5, 5.41) is 9.14. The molecular formula is C27H22N2O4. The molecule has 6 heteroatoms. The molecule has 4 rings (SSSR count). The highest BCUT2D eigenvalue weighted by Crippen LogP contribution is 2.33. The van der Waals surface area contributed by atoms with E-state index in [2.05, 4.69) is 12.0 Å². The van der Waals surface area contributed by atoms with Gasteiger partial charge < -0.3 is 24.9 Å². The Morgan fingerprint density at radius 2 is 1.55 bits per heavy atom. The van der Waals surface area contributed by atoms with Gasteiger partial charge in [-0.05, 0) is 48.4 Å². The van der Waals surface area contributed by atoms with Gasteiger partial charge >= 0.3 is 5.97 Å². The van der Waals surface area contributed by atoms with Crippen molar-refractivity contribution in [1.29, 1.82) is 0 Å². The number of carboxylic acid groups (broad SMARTS) is 1. The first-order chi connectivity index (χ1) is 16.2. The van der Waals surface area contributed by atoms with Crippen LogP contribution < -0.4 is 15.2 Å². The molecule has 1 heterocycles. The molecule has 164 valence electrons. The Hall–Kier alpha value is -4.63. The highest BCUT2D eigenvalue weighted by atomic mass is 16.5. The lowest BCUT2D eigenvalue weighted by atomic mass is 10.0. The van der Waals surface area contributed by atoms with Crippen LogP contribution in [0.1, 0.15) is 15.9 Å². The second kappa shape index (κ2) is 10.1. The number of aromatic carboxylic acids is 1. The van der Waals surface area contributed by atoms with Crippen LogP contribution in [0.3, 0.4) is 0 Å². The van der Waals surface area contributed by atoms with Crippen LogP contribution in [0.15, 0.2) is 91.3 Å². The summed E-state index contributed by atoms with van der Waals surface area (Å²) in [6, 6.07) is 26.4. The summed E-state index contributed by atoms with van der Waals surface area (Å²) in [5.74, 6) is 3.47. The Labute approximate surface area is 191 Å². The molecule has 3 aromatic carbocycles. The third-order valence-corrected chi connectivity index (χ3v) is 4.98. The molecule has 0 saturated carbocycles. The molecule has 0 unspecified atom stereocenters. The Morgan fingerprint density at radius 3 is 2.27 bits per heavy atom. The van der Waals surface area contributed by atoms with Crippen molar-refractivity contribution in [2.75, 3.05) is 13.2 Å². The molecule has 0 aliphatic heterocycles. The van der Waals surface area contributed by atoms with Gasteiger partial charge in [0.25, 0.3) is 0 Å². The fourth-order valence-corrected chi connectivity index (χ4v) is 3.41. The fraction of sp³-hybridized carbons (Fsp3) is 0.0741. The van der Waals surface area contributed by atoms with E-state index in [4.69, 9.17) is 20.3 Å². The molecule has 0 aliphatic carbocycles. The van der Waals surface area contributed by atoms with Crippen molar-refractivity contribution >= 4 is 5.97 Å². The molecule has 0 amide bonds. The maximum Gasteiger partial charge on any atom is 0.335 e. The van der Waals surface area contributed by atoms with E-state index in [0.717, 1.165) is 28.1 Å². The van der Waals surface area contributed by atoms with Gasteiger partial charge in [-0.15, -0.1) is 0 Å². The zero-order chi connectivity index (χ0) is 23.0. The van der Waals surface area contributed by atoms with Crippen LogP contribution in [0.5, 0.6) is 11.5 Å². The van der Waals surface area contributed by atoms with Crippen molar-refractivity contribution < 1.29 is 19.4 Å². The quantitative estimate of drug-likeness (QED) is 0.239. The topological polar surface area (TPSA) is 86.7 Å². The lowest BCUT2D eigenvalue weighted by Gasteiger charge is -2.12. The molecule has 4 aromatic rings. The van der Waals surface area contributed by atoms with Crippen LogP contribution in [-0.4, -0.2) is 28.9 Å². The Balaban J connectivity index is 1.57. The molecule has 33 heavy (non-hydrogen) atoms. The van der Waals surface area contributed by atoms with Crippen molar-refractivity contribution in [2.24, 2.45) is 5.73 Å². The smallest absolute Gasteiger partial charge is 0.335 e. The standard InChI is InChI=1S/C27H22N2O4/c28-15-14-21-18-29(22-12-10-20(11-13-22)27(30)31)19-25(21)24-8-4-5-9-26(24)33-17-16-32-23-6-2-1-3-7-23/h1-13,18-19H,16-17,28H2,(H,30,31). The monoisotopic (exact) mass is 438 g/mol. The number of aromatic nitrogens is 1. The minimum absolute atomic E-state index is 0.226. The van der Waals surface area contributed by atoms with Gasteiger partial charge in [0.05, 0.1) is 11.1 Å². The highest BCUT2D eigenvalue weighted by Gasteiger charge is 2.14. The number of nitrogens with two attached hydrogens (primary N) is 1. The van der Waals surface area contributed by atoms with Crippen LogP contribution in [0.2, 0.25) is 0 Å². The van der Waals surface area contributed by atoms with Crippen LogP contribution in [0, 0.1) is 12.0 Å². The summed E-state index contributed by atoms with van der Waals surface area (Å²) in [7, 11) is 0. The molecule has 6 nitrogen and oxygen atoms in total. The number of hydrogen-bond donors (Lipinski definition) is 2. The van der Waals surface area contributed by atoms with Gasteiger partial charge in [0.15, 0.2) is 0 Å². The van der Waals surface area contributed by atoms with Gasteiger partial charge in [0, 0.05) is 35.3 Å². The van der Waals surface area contributed by atoms with Gasteiger partial charge in [0.2, 0.25) is 0 Å². The second-order valence-corrected chi connectivity index (χ2v) is 7.12. The molecule has 0 bridgehead atoms. The van der Waals surface area contributed by atoms with Gasteiger partial charge in [-0.3, -0.25) is 0 Å². The van der Waals surface area contributed by atoms with E-state index in [1.165, 1.54) is 0 Å². The minimum atomic E-state index is -0.966. The van der Waals surface area contributed by atoms with Crippen molar-refractivity contribution in [2.45, 2.75) is 0 Å². The SMILES string of the molecule is NC#Cc1cn(-c2ccc(C(=O)O)cc2)cc1-c1ccccc1OCCOc1ccccc1. The molecule has 0 saturated heterocycles. The molecule has 1 aromatic heterocycles. The molecule has 0 atom stereocenters. The first-order valence-corrected chi connectivity index (χ1v) is 10.3. The average Bonchev–Trinajstić information content (AvgIpc) is 3.27. The number of benzene rings is 3. The number of ether oxygens (including phenoxy) is 2. The van der Waals surface area contributed by atoms with Crippen molar-refractivity contribution in [1.82, 2.24) is 4.57 Å². The van der Waals surface area contributed by atoms with Crippen molar-refractivity contribution in [3.8, 4) is 40.3 Å². The normalized spacial score (nSPS) is 10.2. The molecular weight excluding hydrogens is 416 g/mol. The van der Waals surface area contributed by atoms with Crippen molar-refractivity contribution in [3.63, 3.8) is 0 Å². The predicted octanol–water partition coefficient (Wildman–Crippen LogP) is 4.57. The maximum absolute atomic E-state index is 11.1. The van der Waals surface area contributed by atoms with E-state index in [-0.39, 0.29) is 5.56 Å². The number of rotatable bonds is 8. The molecule has 0 spiro atoms. The number of nitrogens with zero attached hydrogens (tertiary/aromatic N) is 1. The summed E-state index contributed by atoms with van der Waals surface area (Å²) in [5.41, 5.74) is 9.01. The summed E-state index contributed by atoms with van der Waals surface area (Å²) >= 11 is 0. The van der Waals surface area contributed by atoms with Crippen LogP contribution in [-0.2, 0) is 0 Å². The minimum Gasteiger partial charge on any atom is -0.490 e. The first kappa shape index (κ1) is 21.6. The molecule has 0 radical (unpaired) electrons. The van der Waals surface area contributed by atoms with Crippen LogP contribution in [0.25, 0.3) is 16.8 Å². The molecule has 0 aliphatic rings. The predicted molar refractivity (Wildman–Crippen MR) is 127 cm³/mol. The van der Waals surface area contributed by atoms with E-state index in [1.807, 2.05) is 71.6 Å². The third kappa shape index (κ3) is 5.17. The van der Waals surface area contributed by atoms with E-state index in [0.29, 0.717) is 19.0 Å². The Kier molecular flexibility index (Phi) is 6.62. The molecule has 3 N–H and O–H groups in total. The zero-order valence-corrected chi connectivity index (χ0v) is 17.8. The lowest BCUT2D eigenvalue weighted by molar-refractivity contribution is 0.0697. The summed E-state index contributed by atoms with van der Waals surface area (Å²) in [4.78, 5) is 11.1. The van der Waals surface area contributed by atoms with Crippen molar-refractivity contribution in [3.05, 3.63) is 102 Å². The van der Waals surface area contributed by atoms with E-state index >= 15 is 0 Å². The Morgan fingerprint density at radius 1 is 0.848 bits per heavy atom. The van der Waals surface area contributed by atoms with Gasteiger partial charge in [0.1, 0.15) is 24.7 Å². The largest absolute Gasteiger partial charge is 0.490 e. The highest BCUT2D eigenvalue weighted by molar-refractivity contribution is 5.87. The zero-order valence-electron chi connectivity index (χ0n) is 17.8. The fourth-order valence-electron chi connectivity index (χ4n) is 3.41. The first-order valence-electron chi connectivity index (χ1n) is 10.3. The summed E-state index contributed by atoms with van der Waals surface area (Å²) in [6.45, 7) is 0.784. The van der Waals surface area contributed by atoms with E-state index in [9.17, 15) is 4.79 Å². The number of para-hydroxylation sites is 2. The second-order valence-electron chi connectivity index (χ2n) is 7.12. The number of hydrogen-bond acceptors (Lipinski definition) is 4. The van der Waals surface area contributed by atoms with Crippen LogP contribution >= 0.6 is 0 Å². The van der Waals surface area contributed by atoms with E-state index < -0.39 is 5.97 Å². The average molecular weight is 438 g/mol. The third-order valence-electron chi connectivity index (χ3n) is 4.98. The lowest BCUT2D eigenvalue weighted by Crippen LogP contribution is -2.09. The number of carboxylic acids is 1. The van der Waals surface area contributed by atoms with Gasteiger partial charge in [-0.2, -0.15) is 0 Å². The molecule has 0 fully saturated rings. The van der Waals surface area contributed by atoms with Gasteiger partial charge in [-0.25, -0.2) is 4.79 Å². The maximum atomic E-state index is 11.1. The Bertz CT molecular complexity index is 1300. The number of carbonyl (C=O) groups is 1. The van der Waals surface area contributed by atoms with E-state index in [1.54, 1.807) is 24.3 Å². The summed E-state index contributed by atoms with van der Waals surface area (Å²) in [6.07, 6.45) is 3.79.